The number of nitrogens with zero attached hydrogens (tertiary/aromatic N) is 4. The molecule has 3 aliphatic rings. The van der Waals surface area contributed by atoms with Crippen LogP contribution in [0.5, 0.6) is 0 Å². The van der Waals surface area contributed by atoms with E-state index in [1.54, 1.807) is 0 Å². The van der Waals surface area contributed by atoms with Crippen molar-refractivity contribution in [1.82, 2.24) is 19.7 Å². The van der Waals surface area contributed by atoms with Crippen molar-refractivity contribution in [3.63, 3.8) is 0 Å². The van der Waals surface area contributed by atoms with Gasteiger partial charge in [0.2, 0.25) is 5.91 Å². The van der Waals surface area contributed by atoms with Crippen LogP contribution >= 0.6 is 0 Å². The Labute approximate surface area is 151 Å². The van der Waals surface area contributed by atoms with E-state index in [1.165, 1.54) is 37.8 Å². The van der Waals surface area contributed by atoms with Gasteiger partial charge in [-0.05, 0) is 63.4 Å². The van der Waals surface area contributed by atoms with Gasteiger partial charge in [-0.25, -0.2) is 0 Å². The first kappa shape index (κ1) is 17.0. The summed E-state index contributed by atoms with van der Waals surface area (Å²) in [5, 5.41) is 0. The Hall–Kier alpha value is -1.46. The van der Waals surface area contributed by atoms with Crippen molar-refractivity contribution in [3.05, 3.63) is 30.1 Å². The normalized spacial score (nSPS) is 26.4. The fourth-order valence-electron chi connectivity index (χ4n) is 4.53. The number of rotatable bonds is 4. The third-order valence-corrected chi connectivity index (χ3v) is 6.17. The average molecular weight is 342 g/mol. The molecular formula is C20H30N4O. The number of amides is 1. The van der Waals surface area contributed by atoms with Crippen molar-refractivity contribution < 1.29 is 4.79 Å². The number of likely N-dealkylation sites (tertiary alicyclic amines) is 3. The largest absolute Gasteiger partial charge is 0.342 e. The first-order valence-electron chi connectivity index (χ1n) is 9.94. The van der Waals surface area contributed by atoms with Crippen LogP contribution in [0.3, 0.4) is 0 Å². The van der Waals surface area contributed by atoms with Crippen LogP contribution in [-0.4, -0.2) is 70.9 Å². The predicted molar refractivity (Wildman–Crippen MR) is 98.0 cm³/mol. The monoisotopic (exact) mass is 342 g/mol. The lowest BCUT2D eigenvalue weighted by Gasteiger charge is -2.43. The quantitative estimate of drug-likeness (QED) is 0.839. The Morgan fingerprint density at radius 2 is 1.92 bits per heavy atom. The van der Waals surface area contributed by atoms with Crippen LogP contribution in [-0.2, 0) is 11.3 Å². The molecule has 4 heterocycles. The average Bonchev–Trinajstić information content (AvgIpc) is 2.62. The fourth-order valence-corrected chi connectivity index (χ4v) is 4.53. The highest BCUT2D eigenvalue weighted by Gasteiger charge is 2.34. The third-order valence-electron chi connectivity index (χ3n) is 6.17. The molecule has 1 aromatic heterocycles. The van der Waals surface area contributed by atoms with Crippen molar-refractivity contribution in [3.8, 4) is 0 Å². The summed E-state index contributed by atoms with van der Waals surface area (Å²) in [6, 6.07) is 4.85. The van der Waals surface area contributed by atoms with E-state index >= 15 is 0 Å². The molecule has 1 aromatic rings. The third kappa shape index (κ3) is 4.04. The van der Waals surface area contributed by atoms with Crippen LogP contribution in [0.25, 0.3) is 0 Å². The van der Waals surface area contributed by atoms with Crippen molar-refractivity contribution in [1.29, 1.82) is 0 Å². The van der Waals surface area contributed by atoms with Gasteiger partial charge >= 0.3 is 0 Å². The minimum Gasteiger partial charge on any atom is -0.342 e. The second-order valence-electron chi connectivity index (χ2n) is 7.88. The number of piperidine rings is 2. The molecule has 0 N–H and O–H groups in total. The highest BCUT2D eigenvalue weighted by Crippen LogP contribution is 2.26. The van der Waals surface area contributed by atoms with Crippen molar-refractivity contribution in [2.75, 3.05) is 39.3 Å². The smallest absolute Gasteiger partial charge is 0.226 e. The summed E-state index contributed by atoms with van der Waals surface area (Å²) in [5.41, 5.74) is 1.30. The van der Waals surface area contributed by atoms with Gasteiger partial charge in [0, 0.05) is 44.6 Å². The number of carbonyl (C=O) groups is 1. The highest BCUT2D eigenvalue weighted by atomic mass is 16.2. The van der Waals surface area contributed by atoms with Gasteiger partial charge in [-0.2, -0.15) is 0 Å². The van der Waals surface area contributed by atoms with Gasteiger partial charge in [0.15, 0.2) is 0 Å². The standard InChI is InChI=1S/C20H30N4O/c25-20(23-10-3-11-23)18-5-2-9-24(16-18)19-6-12-22(13-7-19)15-17-4-1-8-21-14-17/h1,4,8,14,18-19H,2-3,5-7,9-13,15-16H2. The molecule has 3 aliphatic heterocycles. The van der Waals surface area contributed by atoms with Gasteiger partial charge in [0.05, 0.1) is 5.92 Å². The van der Waals surface area contributed by atoms with Gasteiger partial charge in [0.25, 0.3) is 0 Å². The molecule has 1 atom stereocenters. The summed E-state index contributed by atoms with van der Waals surface area (Å²) in [6.45, 7) is 7.46. The SMILES string of the molecule is O=C(C1CCCN(C2CCN(Cc3cccnc3)CC2)C1)N1CCC1. The summed E-state index contributed by atoms with van der Waals surface area (Å²) in [6.07, 6.45) is 9.73. The number of pyridine rings is 1. The molecule has 3 saturated heterocycles. The zero-order valence-electron chi connectivity index (χ0n) is 15.1. The Balaban J connectivity index is 1.26. The molecule has 0 spiro atoms. The van der Waals surface area contributed by atoms with E-state index < -0.39 is 0 Å². The summed E-state index contributed by atoms with van der Waals surface area (Å²) in [7, 11) is 0. The summed E-state index contributed by atoms with van der Waals surface area (Å²) < 4.78 is 0. The predicted octanol–water partition coefficient (Wildman–Crippen LogP) is 1.99. The second-order valence-corrected chi connectivity index (χ2v) is 7.88. The summed E-state index contributed by atoms with van der Waals surface area (Å²) >= 11 is 0. The maximum absolute atomic E-state index is 12.5. The van der Waals surface area contributed by atoms with E-state index in [1.807, 2.05) is 18.5 Å². The van der Waals surface area contributed by atoms with E-state index in [0.717, 1.165) is 45.7 Å². The Bertz CT molecular complexity index is 566. The molecule has 0 aromatic carbocycles. The lowest BCUT2D eigenvalue weighted by atomic mass is 9.92. The van der Waals surface area contributed by atoms with Crippen molar-refractivity contribution in [2.24, 2.45) is 5.92 Å². The van der Waals surface area contributed by atoms with Crippen LogP contribution in [0.2, 0.25) is 0 Å². The molecule has 5 heteroatoms. The van der Waals surface area contributed by atoms with Gasteiger partial charge in [-0.1, -0.05) is 6.07 Å². The molecule has 0 aliphatic carbocycles. The molecule has 3 fully saturated rings. The van der Waals surface area contributed by atoms with E-state index in [4.69, 9.17) is 0 Å². The number of carbonyl (C=O) groups excluding carboxylic acids is 1. The van der Waals surface area contributed by atoms with Gasteiger partial charge < -0.3 is 4.90 Å². The van der Waals surface area contributed by atoms with E-state index in [9.17, 15) is 4.79 Å². The minimum atomic E-state index is 0.252. The number of hydrogen-bond donors (Lipinski definition) is 0. The molecular weight excluding hydrogens is 312 g/mol. The lowest BCUT2D eigenvalue weighted by molar-refractivity contribution is -0.141. The molecule has 1 unspecified atom stereocenters. The second kappa shape index (κ2) is 7.83. The molecule has 136 valence electrons. The van der Waals surface area contributed by atoms with Crippen LogP contribution < -0.4 is 0 Å². The highest BCUT2D eigenvalue weighted by molar-refractivity contribution is 5.79. The summed E-state index contributed by atoms with van der Waals surface area (Å²) in [4.78, 5) is 24.0. The first-order valence-corrected chi connectivity index (χ1v) is 9.94. The fraction of sp³-hybridized carbons (Fsp3) is 0.700. The van der Waals surface area contributed by atoms with Gasteiger partial charge in [-0.3, -0.25) is 19.6 Å². The Morgan fingerprint density at radius 3 is 2.60 bits per heavy atom. The van der Waals surface area contributed by atoms with E-state index in [0.29, 0.717) is 11.9 Å². The molecule has 0 saturated carbocycles. The molecule has 0 radical (unpaired) electrons. The van der Waals surface area contributed by atoms with Crippen LogP contribution in [0.4, 0.5) is 0 Å². The minimum absolute atomic E-state index is 0.252. The van der Waals surface area contributed by atoms with Gasteiger partial charge in [-0.15, -0.1) is 0 Å². The van der Waals surface area contributed by atoms with E-state index in [2.05, 4.69) is 25.8 Å². The zero-order chi connectivity index (χ0) is 17.1. The Kier molecular flexibility index (Phi) is 5.32. The molecule has 0 bridgehead atoms. The van der Waals surface area contributed by atoms with Crippen molar-refractivity contribution in [2.45, 2.75) is 44.7 Å². The van der Waals surface area contributed by atoms with Crippen LogP contribution in [0.1, 0.15) is 37.7 Å². The molecule has 5 nitrogen and oxygen atoms in total. The molecule has 4 rings (SSSR count). The van der Waals surface area contributed by atoms with E-state index in [-0.39, 0.29) is 5.92 Å². The maximum Gasteiger partial charge on any atom is 0.226 e. The topological polar surface area (TPSA) is 39.7 Å². The Morgan fingerprint density at radius 1 is 1.08 bits per heavy atom. The van der Waals surface area contributed by atoms with Crippen LogP contribution in [0.15, 0.2) is 24.5 Å². The number of hydrogen-bond acceptors (Lipinski definition) is 4. The summed E-state index contributed by atoms with van der Waals surface area (Å²) in [5.74, 6) is 0.674. The van der Waals surface area contributed by atoms with Crippen molar-refractivity contribution >= 4 is 5.91 Å². The van der Waals surface area contributed by atoms with Gasteiger partial charge in [0.1, 0.15) is 0 Å². The first-order chi connectivity index (χ1) is 12.3. The number of aromatic nitrogens is 1. The molecule has 25 heavy (non-hydrogen) atoms. The lowest BCUT2D eigenvalue weighted by Crippen LogP contribution is -2.53. The zero-order valence-corrected chi connectivity index (χ0v) is 15.1. The maximum atomic E-state index is 12.5. The van der Waals surface area contributed by atoms with Crippen LogP contribution in [0, 0.1) is 5.92 Å². The molecule has 1 amide bonds.